The number of amides is 1. The zero-order chi connectivity index (χ0) is 15.7. The molecule has 2 aromatic carbocycles. The van der Waals surface area contributed by atoms with E-state index < -0.39 is 0 Å². The van der Waals surface area contributed by atoms with E-state index >= 15 is 0 Å². The Hall–Kier alpha value is -1.44. The maximum atomic E-state index is 12.6. The Balaban J connectivity index is 1.95. The van der Waals surface area contributed by atoms with Crippen molar-refractivity contribution in [2.24, 2.45) is 0 Å². The van der Waals surface area contributed by atoms with E-state index in [9.17, 15) is 4.79 Å². The van der Waals surface area contributed by atoms with Gasteiger partial charge >= 0.3 is 0 Å². The quantitative estimate of drug-likeness (QED) is 0.431. The highest BCUT2D eigenvalue weighted by molar-refractivity contribution is 14.1. The van der Waals surface area contributed by atoms with Crippen LogP contribution in [0.5, 0.6) is 0 Å². The Morgan fingerprint density at radius 2 is 1.95 bits per heavy atom. The highest BCUT2D eigenvalue weighted by Crippen LogP contribution is 2.24. The Kier molecular flexibility index (Phi) is 4.46. The SMILES string of the molecule is O=C1/C(=C/c2cccc(Cl)c2)NC(=S)N1c1cccc(I)c1. The van der Waals surface area contributed by atoms with Gasteiger partial charge in [-0.25, -0.2) is 0 Å². The number of carbonyl (C=O) groups is 1. The van der Waals surface area contributed by atoms with Crippen LogP contribution >= 0.6 is 46.4 Å². The molecule has 0 aromatic heterocycles. The summed E-state index contributed by atoms with van der Waals surface area (Å²) in [5, 5.41) is 3.96. The second-order valence-corrected chi connectivity index (χ2v) is 6.73. The maximum Gasteiger partial charge on any atom is 0.281 e. The van der Waals surface area contributed by atoms with Gasteiger partial charge in [0.1, 0.15) is 5.70 Å². The van der Waals surface area contributed by atoms with Crippen LogP contribution in [0, 0.1) is 3.57 Å². The topological polar surface area (TPSA) is 32.3 Å². The van der Waals surface area contributed by atoms with Gasteiger partial charge in [-0.15, -0.1) is 0 Å². The van der Waals surface area contributed by atoms with Crippen molar-refractivity contribution in [3.63, 3.8) is 0 Å². The summed E-state index contributed by atoms with van der Waals surface area (Å²) < 4.78 is 1.04. The number of benzene rings is 2. The minimum absolute atomic E-state index is 0.174. The first-order valence-corrected chi connectivity index (χ1v) is 8.29. The van der Waals surface area contributed by atoms with Gasteiger partial charge in [-0.05, 0) is 76.8 Å². The molecule has 0 aliphatic carbocycles. The Labute approximate surface area is 152 Å². The summed E-state index contributed by atoms with van der Waals surface area (Å²) in [7, 11) is 0. The predicted molar refractivity (Wildman–Crippen MR) is 102 cm³/mol. The van der Waals surface area contributed by atoms with Crippen LogP contribution in [0.2, 0.25) is 5.02 Å². The lowest BCUT2D eigenvalue weighted by Gasteiger charge is -2.14. The summed E-state index contributed by atoms with van der Waals surface area (Å²) in [6.07, 6.45) is 1.74. The lowest BCUT2D eigenvalue weighted by atomic mass is 10.2. The molecule has 22 heavy (non-hydrogen) atoms. The van der Waals surface area contributed by atoms with Gasteiger partial charge in [0.25, 0.3) is 5.91 Å². The monoisotopic (exact) mass is 440 g/mol. The Morgan fingerprint density at radius 3 is 2.68 bits per heavy atom. The van der Waals surface area contributed by atoms with Crippen LogP contribution in [0.1, 0.15) is 5.56 Å². The minimum Gasteiger partial charge on any atom is -0.327 e. The molecule has 0 radical (unpaired) electrons. The summed E-state index contributed by atoms with van der Waals surface area (Å²) in [5.41, 5.74) is 2.03. The molecule has 0 atom stereocenters. The van der Waals surface area contributed by atoms with Crippen molar-refractivity contribution in [3.8, 4) is 0 Å². The predicted octanol–water partition coefficient (Wildman–Crippen LogP) is 4.21. The molecule has 0 spiro atoms. The number of nitrogens with zero attached hydrogens (tertiary/aromatic N) is 1. The third-order valence-electron chi connectivity index (χ3n) is 3.10. The smallest absolute Gasteiger partial charge is 0.281 e. The maximum absolute atomic E-state index is 12.6. The van der Waals surface area contributed by atoms with E-state index in [1.165, 1.54) is 4.90 Å². The lowest BCUT2D eigenvalue weighted by molar-refractivity contribution is -0.113. The lowest BCUT2D eigenvalue weighted by Crippen LogP contribution is -2.30. The second-order valence-electron chi connectivity index (χ2n) is 4.66. The molecular formula is C16H10ClIN2OS. The van der Waals surface area contributed by atoms with E-state index in [1.54, 1.807) is 18.2 Å². The third kappa shape index (κ3) is 3.16. The van der Waals surface area contributed by atoms with Crippen molar-refractivity contribution < 1.29 is 4.79 Å². The first-order valence-electron chi connectivity index (χ1n) is 6.43. The zero-order valence-corrected chi connectivity index (χ0v) is 14.9. The van der Waals surface area contributed by atoms with Crippen LogP contribution in [0.4, 0.5) is 5.69 Å². The van der Waals surface area contributed by atoms with Crippen molar-refractivity contribution in [3.05, 3.63) is 68.4 Å². The summed E-state index contributed by atoms with van der Waals surface area (Å²) >= 11 is 13.5. The number of hydrogen-bond donors (Lipinski definition) is 1. The van der Waals surface area contributed by atoms with E-state index in [2.05, 4.69) is 27.9 Å². The van der Waals surface area contributed by atoms with Gasteiger partial charge in [0.2, 0.25) is 0 Å². The van der Waals surface area contributed by atoms with Crippen LogP contribution in [0.15, 0.2) is 54.2 Å². The van der Waals surface area contributed by atoms with Gasteiger partial charge in [-0.1, -0.05) is 29.8 Å². The van der Waals surface area contributed by atoms with Gasteiger partial charge in [0.05, 0.1) is 5.69 Å². The normalized spacial score (nSPS) is 16.3. The van der Waals surface area contributed by atoms with E-state index in [1.807, 2.05) is 36.4 Å². The summed E-state index contributed by atoms with van der Waals surface area (Å²) in [6.45, 7) is 0. The van der Waals surface area contributed by atoms with Gasteiger partial charge in [0, 0.05) is 8.59 Å². The molecule has 1 amide bonds. The van der Waals surface area contributed by atoms with Crippen LogP contribution in [0.3, 0.4) is 0 Å². The molecule has 1 saturated heterocycles. The highest BCUT2D eigenvalue weighted by atomic mass is 127. The molecule has 3 rings (SSSR count). The molecule has 0 unspecified atom stereocenters. The standard InChI is InChI=1S/C16H10ClIN2OS/c17-11-4-1-3-10(7-11)8-14-15(21)20(16(22)19-14)13-6-2-5-12(18)9-13/h1-9H,(H,19,22)/b14-8-. The van der Waals surface area contributed by atoms with Crippen molar-refractivity contribution in [1.82, 2.24) is 5.32 Å². The van der Waals surface area contributed by atoms with Crippen molar-refractivity contribution in [2.75, 3.05) is 4.90 Å². The van der Waals surface area contributed by atoms with E-state index in [4.69, 9.17) is 23.8 Å². The van der Waals surface area contributed by atoms with Gasteiger partial charge in [-0.2, -0.15) is 0 Å². The fraction of sp³-hybridized carbons (Fsp3) is 0. The van der Waals surface area contributed by atoms with Crippen LogP contribution < -0.4 is 10.2 Å². The van der Waals surface area contributed by atoms with Crippen molar-refractivity contribution in [1.29, 1.82) is 0 Å². The summed E-state index contributed by atoms with van der Waals surface area (Å²) in [5.74, 6) is -0.174. The molecule has 0 bridgehead atoms. The first-order chi connectivity index (χ1) is 10.5. The average Bonchev–Trinajstić information content (AvgIpc) is 2.73. The molecule has 1 aliphatic heterocycles. The zero-order valence-electron chi connectivity index (χ0n) is 11.2. The van der Waals surface area contributed by atoms with Crippen LogP contribution in [0.25, 0.3) is 6.08 Å². The average molecular weight is 441 g/mol. The van der Waals surface area contributed by atoms with E-state index in [0.717, 1.165) is 14.8 Å². The number of rotatable bonds is 2. The molecule has 6 heteroatoms. The molecule has 0 saturated carbocycles. The molecule has 1 fully saturated rings. The van der Waals surface area contributed by atoms with Crippen LogP contribution in [-0.2, 0) is 4.79 Å². The molecule has 1 heterocycles. The minimum atomic E-state index is -0.174. The number of thiocarbonyl (C=S) groups is 1. The Bertz CT molecular complexity index is 806. The molecule has 110 valence electrons. The number of nitrogens with one attached hydrogen (secondary N) is 1. The van der Waals surface area contributed by atoms with Gasteiger partial charge < -0.3 is 5.32 Å². The van der Waals surface area contributed by atoms with E-state index in [-0.39, 0.29) is 5.91 Å². The number of halogens is 2. The largest absolute Gasteiger partial charge is 0.327 e. The first kappa shape index (κ1) is 15.5. The number of carbonyl (C=O) groups excluding carboxylic acids is 1. The summed E-state index contributed by atoms with van der Waals surface area (Å²) in [6, 6.07) is 14.9. The third-order valence-corrected chi connectivity index (χ3v) is 4.29. The molecule has 1 aliphatic rings. The summed E-state index contributed by atoms with van der Waals surface area (Å²) in [4.78, 5) is 14.1. The second kappa shape index (κ2) is 6.36. The number of anilines is 1. The molecular weight excluding hydrogens is 431 g/mol. The molecule has 1 N–H and O–H groups in total. The molecule has 2 aromatic rings. The fourth-order valence-corrected chi connectivity index (χ4v) is 3.17. The van der Waals surface area contributed by atoms with Crippen LogP contribution in [-0.4, -0.2) is 11.0 Å². The van der Waals surface area contributed by atoms with E-state index in [0.29, 0.717) is 15.8 Å². The molecule has 3 nitrogen and oxygen atoms in total. The van der Waals surface area contributed by atoms with Crippen molar-refractivity contribution in [2.45, 2.75) is 0 Å². The van der Waals surface area contributed by atoms with Gasteiger partial charge in [0.15, 0.2) is 5.11 Å². The number of hydrogen-bond acceptors (Lipinski definition) is 2. The van der Waals surface area contributed by atoms with Crippen molar-refractivity contribution >= 4 is 69.2 Å². The Morgan fingerprint density at radius 1 is 1.18 bits per heavy atom. The highest BCUT2D eigenvalue weighted by Gasteiger charge is 2.31. The fourth-order valence-electron chi connectivity index (χ4n) is 2.15. The van der Waals surface area contributed by atoms with Gasteiger partial charge in [-0.3, -0.25) is 9.69 Å².